The van der Waals surface area contributed by atoms with E-state index < -0.39 is 0 Å². The molecule has 0 aliphatic carbocycles. The van der Waals surface area contributed by atoms with Gasteiger partial charge >= 0.3 is 0 Å². The summed E-state index contributed by atoms with van der Waals surface area (Å²) in [6.07, 6.45) is 3.62. The number of nitrogens with one attached hydrogen (secondary N) is 1. The maximum absolute atomic E-state index is 12.8. The molecule has 1 N–H and O–H groups in total. The Balaban J connectivity index is 1.64. The fourth-order valence-electron chi connectivity index (χ4n) is 1.82. The van der Waals surface area contributed by atoms with Crippen molar-refractivity contribution in [1.82, 2.24) is 25.4 Å². The number of aryl methyl sites for hydroxylation is 1. The molecule has 0 radical (unpaired) electrons. The van der Waals surface area contributed by atoms with Crippen LogP contribution in [-0.2, 0) is 0 Å². The van der Waals surface area contributed by atoms with E-state index in [0.717, 1.165) is 5.56 Å². The van der Waals surface area contributed by atoms with Crippen LogP contribution in [0.4, 0.5) is 4.39 Å². The lowest BCUT2D eigenvalue weighted by molar-refractivity contribution is 0.470. The Morgan fingerprint density at radius 2 is 2.00 bits per heavy atom. The number of hydrogen-bond acceptors (Lipinski definition) is 6. The van der Waals surface area contributed by atoms with Crippen LogP contribution in [0.5, 0.6) is 0 Å². The second kappa shape index (κ2) is 6.74. The molecule has 0 unspecified atom stereocenters. The summed E-state index contributed by atoms with van der Waals surface area (Å²) in [4.78, 5) is 4.36. The predicted octanol–water partition coefficient (Wildman–Crippen LogP) is 3.66. The third-order valence-corrected chi connectivity index (χ3v) is 3.91. The molecule has 2 heterocycles. The molecule has 0 amide bonds. The lowest BCUT2D eigenvalue weighted by Crippen LogP contribution is -1.89. The van der Waals surface area contributed by atoms with E-state index in [1.54, 1.807) is 25.1 Å². The van der Waals surface area contributed by atoms with Crippen LogP contribution in [0.2, 0.25) is 0 Å². The normalized spacial score (nSPS) is 12.8. The number of benzene rings is 1. The van der Waals surface area contributed by atoms with Gasteiger partial charge < -0.3 is 4.42 Å². The average Bonchev–Trinajstić information content (AvgIpc) is 3.16. The molecule has 0 saturated heterocycles. The van der Waals surface area contributed by atoms with E-state index in [1.165, 1.54) is 23.9 Å². The number of aromatic nitrogens is 5. The van der Waals surface area contributed by atoms with Gasteiger partial charge in [-0.05, 0) is 30.7 Å². The molecule has 0 bridgehead atoms. The first-order chi connectivity index (χ1) is 11.1. The summed E-state index contributed by atoms with van der Waals surface area (Å²) in [5.41, 5.74) is 0.881. The van der Waals surface area contributed by atoms with Crippen LogP contribution >= 0.6 is 11.8 Å². The van der Waals surface area contributed by atoms with Crippen molar-refractivity contribution < 1.29 is 8.81 Å². The van der Waals surface area contributed by atoms with Gasteiger partial charge in [-0.1, -0.05) is 30.0 Å². The maximum atomic E-state index is 12.8. The number of thioether (sulfide) groups is 1. The van der Waals surface area contributed by atoms with Crippen molar-refractivity contribution in [2.45, 2.75) is 24.3 Å². The smallest absolute Gasteiger partial charge is 0.229 e. The monoisotopic (exact) mass is 331 g/mol. The minimum absolute atomic E-state index is 0.0408. The molecule has 3 rings (SSSR count). The Morgan fingerprint density at radius 1 is 1.22 bits per heavy atom. The predicted molar refractivity (Wildman–Crippen MR) is 85.0 cm³/mol. The second-order valence-corrected chi connectivity index (χ2v) is 6.12. The molecule has 0 fully saturated rings. The molecule has 3 aromatic rings. The molecule has 2 aromatic heterocycles. The average molecular weight is 331 g/mol. The van der Waals surface area contributed by atoms with Crippen molar-refractivity contribution in [3.63, 3.8) is 0 Å². The second-order valence-electron chi connectivity index (χ2n) is 4.81. The Kier molecular flexibility index (Phi) is 4.52. The van der Waals surface area contributed by atoms with E-state index in [1.807, 2.05) is 13.0 Å². The highest BCUT2D eigenvalue weighted by Crippen LogP contribution is 2.31. The van der Waals surface area contributed by atoms with Crippen molar-refractivity contribution in [1.29, 1.82) is 0 Å². The first-order valence-corrected chi connectivity index (χ1v) is 7.81. The van der Waals surface area contributed by atoms with Gasteiger partial charge in [-0.25, -0.2) is 9.37 Å². The van der Waals surface area contributed by atoms with Gasteiger partial charge in [0.25, 0.3) is 0 Å². The van der Waals surface area contributed by atoms with Gasteiger partial charge in [0.15, 0.2) is 0 Å². The fourth-order valence-corrected chi connectivity index (χ4v) is 2.58. The highest BCUT2D eigenvalue weighted by molar-refractivity contribution is 7.99. The summed E-state index contributed by atoms with van der Waals surface area (Å²) >= 11 is 1.42. The van der Waals surface area contributed by atoms with Gasteiger partial charge in [-0.3, -0.25) is 5.10 Å². The summed E-state index contributed by atoms with van der Waals surface area (Å²) in [7, 11) is 0. The van der Waals surface area contributed by atoms with E-state index in [0.29, 0.717) is 22.8 Å². The SMILES string of the molecule is Cc1nnc([C@H](C)Sc2n[nH]c(/C=C\c3ccc(F)cc3)n2)o1. The van der Waals surface area contributed by atoms with Crippen molar-refractivity contribution in [3.8, 4) is 0 Å². The minimum Gasteiger partial charge on any atom is -0.424 e. The molecule has 8 heteroatoms. The Bertz CT molecular complexity index is 811. The number of H-pyrrole nitrogens is 1. The summed E-state index contributed by atoms with van der Waals surface area (Å²) in [6.45, 7) is 3.70. The van der Waals surface area contributed by atoms with Gasteiger partial charge in [0.2, 0.25) is 16.9 Å². The molecule has 0 saturated carbocycles. The highest BCUT2D eigenvalue weighted by atomic mass is 32.2. The van der Waals surface area contributed by atoms with E-state index in [-0.39, 0.29) is 11.1 Å². The van der Waals surface area contributed by atoms with Crippen LogP contribution < -0.4 is 0 Å². The molecule has 0 aliphatic rings. The topological polar surface area (TPSA) is 80.5 Å². The first kappa shape index (κ1) is 15.4. The number of hydrogen-bond donors (Lipinski definition) is 1. The Morgan fingerprint density at radius 3 is 2.70 bits per heavy atom. The van der Waals surface area contributed by atoms with Gasteiger partial charge in [-0.15, -0.1) is 15.3 Å². The van der Waals surface area contributed by atoms with Crippen LogP contribution in [0.25, 0.3) is 12.2 Å². The third kappa shape index (κ3) is 4.04. The van der Waals surface area contributed by atoms with Crippen LogP contribution in [0, 0.1) is 12.7 Å². The molecule has 0 spiro atoms. The highest BCUT2D eigenvalue weighted by Gasteiger charge is 2.16. The van der Waals surface area contributed by atoms with Crippen LogP contribution in [0.1, 0.15) is 35.3 Å². The van der Waals surface area contributed by atoms with Crippen molar-refractivity contribution in [2.75, 3.05) is 0 Å². The lowest BCUT2D eigenvalue weighted by Gasteiger charge is -2.01. The zero-order chi connectivity index (χ0) is 16.2. The number of nitrogens with zero attached hydrogens (tertiary/aromatic N) is 4. The standard InChI is InChI=1S/C15H14FN5OS/c1-9(14-20-18-10(2)22-14)23-15-17-13(19-21-15)8-5-11-3-6-12(16)7-4-11/h3-9H,1-2H3,(H,17,19,21)/b8-5-/t9-/m0/s1. The molecular formula is C15H14FN5OS. The number of aromatic amines is 1. The first-order valence-electron chi connectivity index (χ1n) is 6.93. The molecular weight excluding hydrogens is 317 g/mol. The van der Waals surface area contributed by atoms with E-state index in [9.17, 15) is 4.39 Å². The van der Waals surface area contributed by atoms with Gasteiger partial charge in [0.1, 0.15) is 11.6 Å². The third-order valence-electron chi connectivity index (χ3n) is 2.96. The summed E-state index contributed by atoms with van der Waals surface area (Å²) in [5.74, 6) is 1.43. The van der Waals surface area contributed by atoms with Crippen molar-refractivity contribution >= 4 is 23.9 Å². The summed E-state index contributed by atoms with van der Waals surface area (Å²) in [6, 6.07) is 6.21. The van der Waals surface area contributed by atoms with Crippen LogP contribution in [0.3, 0.4) is 0 Å². The van der Waals surface area contributed by atoms with E-state index >= 15 is 0 Å². The number of halogens is 1. The Labute approximate surface area is 136 Å². The van der Waals surface area contributed by atoms with E-state index in [4.69, 9.17) is 4.42 Å². The lowest BCUT2D eigenvalue weighted by atomic mass is 10.2. The molecule has 23 heavy (non-hydrogen) atoms. The van der Waals surface area contributed by atoms with Crippen molar-refractivity contribution in [2.24, 2.45) is 0 Å². The molecule has 6 nitrogen and oxygen atoms in total. The fraction of sp³-hybridized carbons (Fsp3) is 0.200. The quantitative estimate of drug-likeness (QED) is 0.719. The molecule has 118 valence electrons. The van der Waals surface area contributed by atoms with E-state index in [2.05, 4.69) is 25.4 Å². The van der Waals surface area contributed by atoms with Gasteiger partial charge in [0.05, 0.1) is 5.25 Å². The molecule has 1 atom stereocenters. The summed E-state index contributed by atoms with van der Waals surface area (Å²) in [5, 5.41) is 15.3. The zero-order valence-corrected chi connectivity index (χ0v) is 13.3. The number of rotatable bonds is 5. The van der Waals surface area contributed by atoms with Crippen molar-refractivity contribution in [3.05, 3.63) is 53.3 Å². The largest absolute Gasteiger partial charge is 0.424 e. The minimum atomic E-state index is -0.259. The Hall–Kier alpha value is -2.48. The van der Waals surface area contributed by atoms with Gasteiger partial charge in [-0.2, -0.15) is 0 Å². The maximum Gasteiger partial charge on any atom is 0.229 e. The molecule has 1 aromatic carbocycles. The summed E-state index contributed by atoms with van der Waals surface area (Å²) < 4.78 is 18.2. The van der Waals surface area contributed by atoms with Crippen LogP contribution in [-0.4, -0.2) is 25.4 Å². The van der Waals surface area contributed by atoms with Crippen LogP contribution in [0.15, 0.2) is 33.8 Å². The molecule has 0 aliphatic heterocycles. The zero-order valence-electron chi connectivity index (χ0n) is 12.5. The van der Waals surface area contributed by atoms with Gasteiger partial charge in [0, 0.05) is 6.92 Å².